The second-order valence-electron chi connectivity index (χ2n) is 6.92. The van der Waals surface area contributed by atoms with Crippen LogP contribution in [0.1, 0.15) is 24.2 Å². The van der Waals surface area contributed by atoms with Crippen molar-refractivity contribution in [2.45, 2.75) is 31.0 Å². The second-order valence-corrected chi connectivity index (χ2v) is 8.86. The number of amides is 1. The maximum atomic E-state index is 12.8. The minimum atomic E-state index is -3.64. The summed E-state index contributed by atoms with van der Waals surface area (Å²) in [4.78, 5) is 24.1. The van der Waals surface area contributed by atoms with Crippen LogP contribution in [-0.4, -0.2) is 48.5 Å². The zero-order chi connectivity index (χ0) is 20.5. The number of nitrogens with one attached hydrogen (secondary N) is 1. The maximum absolute atomic E-state index is 12.8. The normalized spacial score (nSPS) is 20.7. The lowest BCUT2D eigenvalue weighted by Gasteiger charge is -2.34. The molecule has 1 aliphatic rings. The molecule has 1 aliphatic heterocycles. The summed E-state index contributed by atoms with van der Waals surface area (Å²) in [6.45, 7) is 4.28. The molecule has 0 unspecified atom stereocenters. The van der Waals surface area contributed by atoms with Crippen molar-refractivity contribution in [3.63, 3.8) is 0 Å². The van der Waals surface area contributed by atoms with Gasteiger partial charge in [-0.1, -0.05) is 0 Å². The van der Waals surface area contributed by atoms with Gasteiger partial charge in [0.05, 0.1) is 17.1 Å². The van der Waals surface area contributed by atoms with Crippen molar-refractivity contribution in [2.75, 3.05) is 18.4 Å². The number of pyridine rings is 1. The zero-order valence-electron chi connectivity index (χ0n) is 16.0. The number of benzene rings is 1. The molecule has 1 N–H and O–H groups in total. The van der Waals surface area contributed by atoms with Crippen molar-refractivity contribution in [3.05, 3.63) is 58.5 Å². The van der Waals surface area contributed by atoms with Crippen molar-refractivity contribution < 1.29 is 17.9 Å². The fourth-order valence-corrected chi connectivity index (χ4v) is 4.67. The fraction of sp³-hybridized carbons (Fsp3) is 0.368. The molecule has 2 aromatic rings. The number of carbonyl (C=O) groups excluding carboxylic acids is 1. The van der Waals surface area contributed by atoms with Gasteiger partial charge in [0.2, 0.25) is 10.0 Å². The Bertz CT molecular complexity index is 1020. The van der Waals surface area contributed by atoms with E-state index in [0.717, 1.165) is 0 Å². The molecular weight excluding hydrogens is 382 g/mol. The highest BCUT2D eigenvalue weighted by molar-refractivity contribution is 7.89. The summed E-state index contributed by atoms with van der Waals surface area (Å²) in [5, 5.41) is 2.66. The summed E-state index contributed by atoms with van der Waals surface area (Å²) in [6, 6.07) is 8.75. The first-order chi connectivity index (χ1) is 13.2. The molecule has 28 heavy (non-hydrogen) atoms. The van der Waals surface area contributed by atoms with Gasteiger partial charge in [0.1, 0.15) is 0 Å². The molecule has 0 radical (unpaired) electrons. The van der Waals surface area contributed by atoms with Crippen LogP contribution in [0.4, 0.5) is 5.69 Å². The van der Waals surface area contributed by atoms with Gasteiger partial charge < -0.3 is 14.6 Å². The van der Waals surface area contributed by atoms with Crippen LogP contribution in [0.2, 0.25) is 0 Å². The summed E-state index contributed by atoms with van der Waals surface area (Å²) in [7, 11) is -2.04. The van der Waals surface area contributed by atoms with Crippen LogP contribution >= 0.6 is 0 Å². The maximum Gasteiger partial charge on any atom is 0.255 e. The van der Waals surface area contributed by atoms with E-state index in [1.807, 2.05) is 13.8 Å². The average molecular weight is 405 g/mol. The summed E-state index contributed by atoms with van der Waals surface area (Å²) >= 11 is 0. The van der Waals surface area contributed by atoms with Gasteiger partial charge in [0, 0.05) is 43.7 Å². The second kappa shape index (κ2) is 7.86. The first kappa shape index (κ1) is 20.2. The molecule has 3 rings (SSSR count). The Labute approximate surface area is 163 Å². The summed E-state index contributed by atoms with van der Waals surface area (Å²) in [5.41, 5.74) is 0.382. The predicted octanol–water partition coefficient (Wildman–Crippen LogP) is 1.44. The number of sulfonamides is 1. The Balaban J connectivity index is 1.74. The summed E-state index contributed by atoms with van der Waals surface area (Å²) in [6.07, 6.45) is 1.17. The van der Waals surface area contributed by atoms with Crippen LogP contribution in [0.5, 0.6) is 0 Å². The Hall–Kier alpha value is -2.49. The lowest BCUT2D eigenvalue weighted by molar-refractivity contribution is -0.0440. The van der Waals surface area contributed by atoms with Gasteiger partial charge >= 0.3 is 0 Å². The zero-order valence-corrected chi connectivity index (χ0v) is 16.8. The molecule has 0 saturated carbocycles. The van der Waals surface area contributed by atoms with Gasteiger partial charge in [-0.2, -0.15) is 4.31 Å². The van der Waals surface area contributed by atoms with Crippen LogP contribution in [0.15, 0.2) is 52.3 Å². The van der Waals surface area contributed by atoms with Crippen LogP contribution in [0.25, 0.3) is 0 Å². The number of morpholine rings is 1. The van der Waals surface area contributed by atoms with Gasteiger partial charge in [-0.15, -0.1) is 0 Å². The van der Waals surface area contributed by atoms with E-state index in [4.69, 9.17) is 4.74 Å². The lowest BCUT2D eigenvalue weighted by Crippen LogP contribution is -2.48. The lowest BCUT2D eigenvalue weighted by atomic mass is 10.2. The van der Waals surface area contributed by atoms with Crippen LogP contribution < -0.4 is 10.9 Å². The number of carbonyl (C=O) groups is 1. The van der Waals surface area contributed by atoms with Gasteiger partial charge in [0.25, 0.3) is 11.5 Å². The average Bonchev–Trinajstić information content (AvgIpc) is 2.63. The first-order valence-corrected chi connectivity index (χ1v) is 10.3. The molecule has 1 aromatic carbocycles. The van der Waals surface area contributed by atoms with Crippen LogP contribution in [0, 0.1) is 0 Å². The fourth-order valence-electron chi connectivity index (χ4n) is 3.08. The van der Waals surface area contributed by atoms with E-state index in [-0.39, 0.29) is 28.2 Å². The van der Waals surface area contributed by atoms with E-state index >= 15 is 0 Å². The number of ether oxygens (including phenoxy) is 1. The highest BCUT2D eigenvalue weighted by Gasteiger charge is 2.32. The number of nitrogens with zero attached hydrogens (tertiary/aromatic N) is 2. The SMILES string of the molecule is C[C@H]1CN(S(=O)(=O)c2ccc(NC(=O)c3ccn(C)c(=O)c3)cc2)C[C@H](C)O1. The molecule has 150 valence electrons. The largest absolute Gasteiger partial charge is 0.373 e. The Morgan fingerprint density at radius 2 is 1.71 bits per heavy atom. The number of aromatic nitrogens is 1. The van der Waals surface area contributed by atoms with Gasteiger partial charge in [-0.3, -0.25) is 9.59 Å². The molecule has 1 amide bonds. The molecule has 1 aromatic heterocycles. The molecular formula is C19H23N3O5S. The molecule has 0 aliphatic carbocycles. The highest BCUT2D eigenvalue weighted by Crippen LogP contribution is 2.22. The van der Waals surface area contributed by atoms with Gasteiger partial charge in [-0.25, -0.2) is 8.42 Å². The van der Waals surface area contributed by atoms with Crippen LogP contribution in [-0.2, 0) is 21.8 Å². The quantitative estimate of drug-likeness (QED) is 0.830. The third-order valence-electron chi connectivity index (χ3n) is 4.50. The van der Waals surface area contributed by atoms with E-state index < -0.39 is 15.9 Å². The number of anilines is 1. The summed E-state index contributed by atoms with van der Waals surface area (Å²) in [5.74, 6) is -0.441. The van der Waals surface area contributed by atoms with Crippen molar-refractivity contribution in [1.29, 1.82) is 0 Å². The van der Waals surface area contributed by atoms with E-state index in [1.54, 1.807) is 7.05 Å². The number of hydrogen-bond donors (Lipinski definition) is 1. The first-order valence-electron chi connectivity index (χ1n) is 8.90. The smallest absolute Gasteiger partial charge is 0.255 e. The molecule has 8 nitrogen and oxygen atoms in total. The van der Waals surface area contributed by atoms with Crippen molar-refractivity contribution in [1.82, 2.24) is 8.87 Å². The molecule has 9 heteroatoms. The predicted molar refractivity (Wildman–Crippen MR) is 105 cm³/mol. The standard InChI is InChI=1S/C19H23N3O5S/c1-13-11-22(12-14(2)27-13)28(25,26)17-6-4-16(5-7-17)20-19(24)15-8-9-21(3)18(23)10-15/h4-10,13-14H,11-12H2,1-3H3,(H,20,24)/t13-,14-/m0/s1. The number of hydrogen-bond acceptors (Lipinski definition) is 5. The molecule has 0 bridgehead atoms. The number of rotatable bonds is 4. The van der Waals surface area contributed by atoms with Crippen molar-refractivity contribution in [2.24, 2.45) is 7.05 Å². The Morgan fingerprint density at radius 1 is 1.11 bits per heavy atom. The molecule has 1 saturated heterocycles. The van der Waals surface area contributed by atoms with E-state index in [2.05, 4.69) is 5.32 Å². The minimum Gasteiger partial charge on any atom is -0.373 e. The van der Waals surface area contributed by atoms with Crippen molar-refractivity contribution >= 4 is 21.6 Å². The van der Waals surface area contributed by atoms with Gasteiger partial charge in [0.15, 0.2) is 0 Å². The highest BCUT2D eigenvalue weighted by atomic mass is 32.2. The molecule has 1 fully saturated rings. The monoisotopic (exact) mass is 405 g/mol. The van der Waals surface area contributed by atoms with Crippen molar-refractivity contribution in [3.8, 4) is 0 Å². The van der Waals surface area contributed by atoms with Crippen LogP contribution in [0.3, 0.4) is 0 Å². The molecule has 0 spiro atoms. The Kier molecular flexibility index (Phi) is 5.69. The van der Waals surface area contributed by atoms with E-state index in [1.165, 1.54) is 51.5 Å². The number of aryl methyl sites for hydroxylation is 1. The molecule has 2 atom stereocenters. The molecule has 2 heterocycles. The summed E-state index contributed by atoms with van der Waals surface area (Å²) < 4.78 is 34.1. The Morgan fingerprint density at radius 3 is 2.29 bits per heavy atom. The third-order valence-corrected chi connectivity index (χ3v) is 6.35. The van der Waals surface area contributed by atoms with E-state index in [0.29, 0.717) is 18.8 Å². The minimum absolute atomic E-state index is 0.153. The van der Waals surface area contributed by atoms with E-state index in [9.17, 15) is 18.0 Å². The topological polar surface area (TPSA) is 97.7 Å². The third kappa shape index (κ3) is 4.32. The van der Waals surface area contributed by atoms with Gasteiger partial charge in [-0.05, 0) is 44.2 Å².